The minimum absolute atomic E-state index is 0.115. The summed E-state index contributed by atoms with van der Waals surface area (Å²) in [7, 11) is 1.60. The first-order valence-electron chi connectivity index (χ1n) is 13.6. The number of piperidine rings is 1. The van der Waals surface area contributed by atoms with Crippen LogP contribution in [0.5, 0.6) is 0 Å². The van der Waals surface area contributed by atoms with Gasteiger partial charge >= 0.3 is 0 Å². The average molecular weight is 525 g/mol. The lowest BCUT2D eigenvalue weighted by Gasteiger charge is -2.35. The summed E-state index contributed by atoms with van der Waals surface area (Å²) in [6.07, 6.45) is 4.98. The molecule has 2 saturated heterocycles. The largest absolute Gasteiger partial charge is 0.394 e. The molecule has 0 aromatic carbocycles. The highest BCUT2D eigenvalue weighted by molar-refractivity contribution is 6.07. The minimum Gasteiger partial charge on any atom is -0.394 e. The monoisotopic (exact) mass is 524 g/mol. The van der Waals surface area contributed by atoms with Crippen molar-refractivity contribution in [1.82, 2.24) is 9.97 Å². The van der Waals surface area contributed by atoms with E-state index >= 15 is 0 Å². The van der Waals surface area contributed by atoms with Crippen LogP contribution in [0, 0.1) is 5.41 Å². The van der Waals surface area contributed by atoms with E-state index in [2.05, 4.69) is 27.4 Å². The van der Waals surface area contributed by atoms with Gasteiger partial charge in [-0.05, 0) is 69.2 Å². The Kier molecular flexibility index (Phi) is 7.74. The van der Waals surface area contributed by atoms with Crippen molar-refractivity contribution >= 4 is 29.2 Å². The number of methoxy groups -OCH3 is 1. The van der Waals surface area contributed by atoms with Gasteiger partial charge in [-0.3, -0.25) is 4.79 Å². The Hall–Kier alpha value is -2.95. The maximum atomic E-state index is 13.6. The Morgan fingerprint density at radius 2 is 1.92 bits per heavy atom. The number of morpholine rings is 1. The first-order valence-corrected chi connectivity index (χ1v) is 13.6. The van der Waals surface area contributed by atoms with Crippen molar-refractivity contribution in [1.29, 1.82) is 0 Å². The molecule has 1 amide bonds. The lowest BCUT2D eigenvalue weighted by Crippen LogP contribution is -2.43. The molecule has 3 fully saturated rings. The lowest BCUT2D eigenvalue weighted by molar-refractivity contribution is 0.0529. The quantitative estimate of drug-likeness (QED) is 0.455. The van der Waals surface area contributed by atoms with Gasteiger partial charge in [0.2, 0.25) is 0 Å². The molecule has 0 radical (unpaired) electrons. The Morgan fingerprint density at radius 3 is 2.61 bits per heavy atom. The third-order valence-corrected chi connectivity index (χ3v) is 7.98. The van der Waals surface area contributed by atoms with Crippen LogP contribution in [0.1, 0.15) is 49.9 Å². The molecule has 206 valence electrons. The summed E-state index contributed by atoms with van der Waals surface area (Å²) in [4.78, 5) is 27.6. The molecule has 38 heavy (non-hydrogen) atoms. The standard InChI is InChI=1S/C28H40N6O4/c1-20-17-34(15-16-38-20)24-6-4-5-22(29-24)31-26(36)21-7-8-23(32-27(2,18-35)19-37-3)30-25(21)33-13-11-28(9-10-28)12-14-33/h4-8,20,35H,9-19H2,1-3H3,(H,30,32)(H,29,31,36)/t20-,27?/m1/s1. The number of pyridine rings is 2. The molecule has 3 aliphatic rings. The summed E-state index contributed by atoms with van der Waals surface area (Å²) in [5, 5.41) is 16.2. The van der Waals surface area contributed by atoms with Crippen LogP contribution in [-0.2, 0) is 9.47 Å². The molecule has 10 heteroatoms. The van der Waals surface area contributed by atoms with E-state index in [-0.39, 0.29) is 18.6 Å². The van der Waals surface area contributed by atoms with Crippen LogP contribution in [0.15, 0.2) is 30.3 Å². The third kappa shape index (κ3) is 6.03. The number of carbonyl (C=O) groups excluding carboxylic acids is 1. The van der Waals surface area contributed by atoms with Crippen molar-refractivity contribution in [2.75, 3.05) is 73.5 Å². The number of aromatic nitrogens is 2. The van der Waals surface area contributed by atoms with Crippen LogP contribution in [-0.4, -0.2) is 85.7 Å². The van der Waals surface area contributed by atoms with Crippen molar-refractivity contribution in [2.45, 2.75) is 51.2 Å². The molecular formula is C28H40N6O4. The number of amides is 1. The maximum Gasteiger partial charge on any atom is 0.260 e. The maximum absolute atomic E-state index is 13.6. The Labute approximate surface area is 224 Å². The summed E-state index contributed by atoms with van der Waals surface area (Å²) < 4.78 is 10.9. The fraction of sp³-hybridized carbons (Fsp3) is 0.607. The van der Waals surface area contributed by atoms with Crippen molar-refractivity contribution in [3.63, 3.8) is 0 Å². The van der Waals surface area contributed by atoms with Crippen molar-refractivity contribution < 1.29 is 19.4 Å². The van der Waals surface area contributed by atoms with E-state index in [9.17, 15) is 9.90 Å². The van der Waals surface area contributed by atoms with Crippen LogP contribution < -0.4 is 20.4 Å². The molecule has 2 aliphatic heterocycles. The number of hydrogen-bond acceptors (Lipinski definition) is 9. The molecule has 2 aromatic rings. The number of aliphatic hydroxyl groups excluding tert-OH is 1. The van der Waals surface area contributed by atoms with Crippen molar-refractivity contribution in [2.24, 2.45) is 5.41 Å². The molecule has 1 spiro atoms. The molecule has 2 atom stereocenters. The first kappa shape index (κ1) is 26.6. The fourth-order valence-electron chi connectivity index (χ4n) is 5.43. The van der Waals surface area contributed by atoms with Crippen LogP contribution in [0.25, 0.3) is 0 Å². The summed E-state index contributed by atoms with van der Waals surface area (Å²) in [6.45, 7) is 8.06. The van der Waals surface area contributed by atoms with Gasteiger partial charge in [0.1, 0.15) is 23.3 Å². The van der Waals surface area contributed by atoms with Gasteiger partial charge in [-0.1, -0.05) is 6.07 Å². The fourth-order valence-corrected chi connectivity index (χ4v) is 5.43. The second-order valence-corrected chi connectivity index (χ2v) is 11.3. The number of nitrogens with one attached hydrogen (secondary N) is 2. The number of aliphatic hydroxyl groups is 1. The molecule has 1 aliphatic carbocycles. The highest BCUT2D eigenvalue weighted by atomic mass is 16.5. The second-order valence-electron chi connectivity index (χ2n) is 11.3. The second kappa shape index (κ2) is 11.0. The van der Waals surface area contributed by atoms with E-state index in [0.717, 1.165) is 44.8 Å². The molecule has 0 bridgehead atoms. The zero-order chi connectivity index (χ0) is 26.8. The van der Waals surface area contributed by atoms with Gasteiger partial charge in [0.25, 0.3) is 5.91 Å². The Balaban J connectivity index is 1.38. The van der Waals surface area contributed by atoms with E-state index in [1.54, 1.807) is 19.2 Å². The van der Waals surface area contributed by atoms with Gasteiger partial charge in [-0.15, -0.1) is 0 Å². The Bertz CT molecular complexity index is 1130. The van der Waals surface area contributed by atoms with Gasteiger partial charge in [-0.25, -0.2) is 9.97 Å². The molecule has 5 rings (SSSR count). The smallest absolute Gasteiger partial charge is 0.260 e. The predicted molar refractivity (Wildman–Crippen MR) is 148 cm³/mol. The van der Waals surface area contributed by atoms with E-state index in [1.807, 2.05) is 25.1 Å². The molecule has 1 unspecified atom stereocenters. The zero-order valence-corrected chi connectivity index (χ0v) is 22.7. The topological polar surface area (TPSA) is 112 Å². The van der Waals surface area contributed by atoms with Gasteiger partial charge in [0, 0.05) is 33.3 Å². The van der Waals surface area contributed by atoms with E-state index < -0.39 is 5.54 Å². The zero-order valence-electron chi connectivity index (χ0n) is 22.7. The third-order valence-electron chi connectivity index (χ3n) is 7.98. The van der Waals surface area contributed by atoms with E-state index in [1.165, 1.54) is 12.8 Å². The molecule has 4 heterocycles. The molecule has 2 aromatic heterocycles. The predicted octanol–water partition coefficient (Wildman–Crippen LogP) is 3.14. The number of nitrogens with zero attached hydrogens (tertiary/aromatic N) is 4. The van der Waals surface area contributed by atoms with Gasteiger partial charge in [0.15, 0.2) is 0 Å². The van der Waals surface area contributed by atoms with E-state index in [4.69, 9.17) is 19.4 Å². The summed E-state index contributed by atoms with van der Waals surface area (Å²) >= 11 is 0. The molecule has 1 saturated carbocycles. The number of carbonyl (C=O) groups is 1. The SMILES string of the molecule is COCC(C)(CO)Nc1ccc(C(=O)Nc2cccc(N3CCO[C@H](C)C3)n2)c(N2CCC3(CC2)CC3)n1. The van der Waals surface area contributed by atoms with Crippen molar-refractivity contribution in [3.05, 3.63) is 35.9 Å². The highest BCUT2D eigenvalue weighted by Gasteiger charge is 2.45. The summed E-state index contributed by atoms with van der Waals surface area (Å²) in [5.74, 6) is 2.33. The van der Waals surface area contributed by atoms with Gasteiger partial charge in [-0.2, -0.15) is 0 Å². The number of ether oxygens (including phenoxy) is 2. The van der Waals surface area contributed by atoms with Crippen LogP contribution in [0.2, 0.25) is 0 Å². The number of hydrogen-bond donors (Lipinski definition) is 3. The van der Waals surface area contributed by atoms with E-state index in [0.29, 0.717) is 41.6 Å². The van der Waals surface area contributed by atoms with Crippen LogP contribution in [0.3, 0.4) is 0 Å². The normalized spacial score (nSPS) is 22.2. The van der Waals surface area contributed by atoms with Crippen LogP contribution in [0.4, 0.5) is 23.3 Å². The molecule has 10 nitrogen and oxygen atoms in total. The van der Waals surface area contributed by atoms with Crippen molar-refractivity contribution in [3.8, 4) is 0 Å². The Morgan fingerprint density at radius 1 is 1.13 bits per heavy atom. The number of anilines is 4. The highest BCUT2D eigenvalue weighted by Crippen LogP contribution is 2.54. The lowest BCUT2D eigenvalue weighted by atomic mass is 9.93. The van der Waals surface area contributed by atoms with Crippen LogP contribution >= 0.6 is 0 Å². The first-order chi connectivity index (χ1) is 18.3. The van der Waals surface area contributed by atoms with Gasteiger partial charge < -0.3 is 35.0 Å². The minimum atomic E-state index is -0.690. The molecule has 3 N–H and O–H groups in total. The summed E-state index contributed by atoms with van der Waals surface area (Å²) in [5.41, 5.74) is 0.320. The average Bonchev–Trinajstić information content (AvgIpc) is 3.68. The summed E-state index contributed by atoms with van der Waals surface area (Å²) in [6, 6.07) is 9.27. The molecular weight excluding hydrogens is 484 g/mol. The van der Waals surface area contributed by atoms with Gasteiger partial charge in [0.05, 0.1) is 37.0 Å². The number of rotatable bonds is 9.